The lowest BCUT2D eigenvalue weighted by Gasteiger charge is -2.03. The molecule has 0 spiro atoms. The molecule has 20 heavy (non-hydrogen) atoms. The Bertz CT molecular complexity index is 834. The van der Waals surface area contributed by atoms with Crippen LogP contribution in [0.15, 0.2) is 24.4 Å². The molecule has 1 atom stereocenters. The predicted molar refractivity (Wildman–Crippen MR) is 91.0 cm³/mol. The van der Waals surface area contributed by atoms with Gasteiger partial charge in [0.15, 0.2) is 11.9 Å². The molecule has 1 aliphatic rings. The van der Waals surface area contributed by atoms with Gasteiger partial charge in [-0.1, -0.05) is 36.8 Å². The number of aryl methyl sites for hydroxylation is 3. The van der Waals surface area contributed by atoms with E-state index in [2.05, 4.69) is 49.5 Å². The number of thiophene rings is 1. The molecule has 3 aromatic rings. The van der Waals surface area contributed by atoms with Crippen LogP contribution in [0.3, 0.4) is 0 Å². The van der Waals surface area contributed by atoms with Crippen molar-refractivity contribution in [3.05, 3.63) is 35.7 Å². The van der Waals surface area contributed by atoms with E-state index in [1.165, 1.54) is 33.6 Å². The highest BCUT2D eigenvalue weighted by atomic mass is 32.1. The second-order valence-electron chi connectivity index (χ2n) is 6.02. The monoisotopic (exact) mass is 298 g/mol. The fourth-order valence-electron chi connectivity index (χ4n) is 3.71. The Labute approximate surface area is 125 Å². The Hall–Kier alpha value is -1.19. The van der Waals surface area contributed by atoms with Gasteiger partial charge in [0.05, 0.1) is 8.80 Å². The number of rotatable bonds is 1. The van der Waals surface area contributed by atoms with E-state index in [0.29, 0.717) is 0 Å². The number of hydrogen-bond acceptors (Lipinski definition) is 1. The van der Waals surface area contributed by atoms with Crippen LogP contribution in [-0.4, -0.2) is 8.80 Å². The molecule has 0 radical (unpaired) electrons. The maximum Gasteiger partial charge on any atom is 0.198 e. The maximum absolute atomic E-state index is 2.50. The minimum absolute atomic E-state index is 0.627. The van der Waals surface area contributed by atoms with Gasteiger partial charge < -0.3 is 0 Å². The molecule has 0 aliphatic carbocycles. The van der Waals surface area contributed by atoms with E-state index >= 15 is 0 Å². The van der Waals surface area contributed by atoms with Crippen LogP contribution in [0.4, 0.5) is 0 Å². The molecule has 0 fully saturated rings. The summed E-state index contributed by atoms with van der Waals surface area (Å²) >= 11 is 2.04. The summed E-state index contributed by atoms with van der Waals surface area (Å²) in [5.74, 6) is 0. The second kappa shape index (κ2) is 4.40. The highest BCUT2D eigenvalue weighted by Gasteiger charge is 2.24. The molecule has 0 bridgehead atoms. The van der Waals surface area contributed by atoms with Crippen LogP contribution in [0.2, 0.25) is 12.6 Å². The minimum atomic E-state index is -0.627. The molecule has 0 saturated carbocycles. The first-order valence-electron chi connectivity index (χ1n) is 7.56. The second-order valence-corrected chi connectivity index (χ2v) is 10.0. The lowest BCUT2D eigenvalue weighted by atomic mass is 10.1. The van der Waals surface area contributed by atoms with Crippen molar-refractivity contribution in [1.82, 2.24) is 0 Å². The van der Waals surface area contributed by atoms with E-state index in [1.807, 2.05) is 11.3 Å². The lowest BCUT2D eigenvalue weighted by molar-refractivity contribution is -0.677. The highest BCUT2D eigenvalue weighted by molar-refractivity contribution is 7.26. The fourth-order valence-corrected chi connectivity index (χ4v) is 7.69. The first-order chi connectivity index (χ1) is 9.70. The molecule has 102 valence electrons. The largest absolute Gasteiger partial charge is 0.204 e. The Morgan fingerprint density at radius 3 is 2.80 bits per heavy atom. The number of aromatic nitrogens is 1. The Balaban J connectivity index is 2.15. The van der Waals surface area contributed by atoms with Gasteiger partial charge in [-0.3, -0.25) is 0 Å². The average Bonchev–Trinajstić information content (AvgIpc) is 2.99. The third-order valence-corrected chi connectivity index (χ3v) is 8.97. The van der Waals surface area contributed by atoms with E-state index in [1.54, 1.807) is 15.5 Å². The Morgan fingerprint density at radius 2 is 2.00 bits per heavy atom. The summed E-state index contributed by atoms with van der Waals surface area (Å²) in [6.45, 7) is 4.76. The molecule has 1 nitrogen and oxygen atoms in total. The van der Waals surface area contributed by atoms with Gasteiger partial charge in [-0.15, -0.1) is 11.3 Å². The molecule has 4 rings (SSSR count). The SMILES string of the molecule is CCc1c2sc3c4c(ccc3c2cc[n+]1C)[SiH](C)CC4. The van der Waals surface area contributed by atoms with Crippen LogP contribution < -0.4 is 9.75 Å². The third kappa shape index (κ3) is 1.56. The van der Waals surface area contributed by atoms with E-state index in [4.69, 9.17) is 0 Å². The summed E-state index contributed by atoms with van der Waals surface area (Å²) < 4.78 is 5.37. The number of hydrogen-bond donors (Lipinski definition) is 0. The van der Waals surface area contributed by atoms with Gasteiger partial charge in [0.1, 0.15) is 11.7 Å². The molecule has 1 unspecified atom stereocenters. The minimum Gasteiger partial charge on any atom is -0.204 e. The zero-order chi connectivity index (χ0) is 13.9. The topological polar surface area (TPSA) is 3.88 Å². The van der Waals surface area contributed by atoms with Gasteiger partial charge >= 0.3 is 0 Å². The van der Waals surface area contributed by atoms with Crippen molar-refractivity contribution in [3.8, 4) is 0 Å². The van der Waals surface area contributed by atoms with E-state index < -0.39 is 8.80 Å². The van der Waals surface area contributed by atoms with Gasteiger partial charge in [0.25, 0.3) is 0 Å². The zero-order valence-corrected chi connectivity index (χ0v) is 14.3. The van der Waals surface area contributed by atoms with Gasteiger partial charge in [0.2, 0.25) is 0 Å². The Kier molecular flexibility index (Phi) is 2.76. The molecule has 3 heteroatoms. The predicted octanol–water partition coefficient (Wildman–Crippen LogP) is 3.06. The number of benzene rings is 1. The molecule has 1 aromatic carbocycles. The molecule has 3 heterocycles. The van der Waals surface area contributed by atoms with Crippen molar-refractivity contribution in [2.45, 2.75) is 32.4 Å². The summed E-state index contributed by atoms with van der Waals surface area (Å²) in [4.78, 5) is 0. The summed E-state index contributed by atoms with van der Waals surface area (Å²) in [5, 5.41) is 4.68. The highest BCUT2D eigenvalue weighted by Crippen LogP contribution is 2.38. The van der Waals surface area contributed by atoms with Crippen LogP contribution in [0.5, 0.6) is 0 Å². The smallest absolute Gasteiger partial charge is 0.198 e. The van der Waals surface area contributed by atoms with Crippen molar-refractivity contribution in [2.24, 2.45) is 7.05 Å². The van der Waals surface area contributed by atoms with Crippen LogP contribution >= 0.6 is 11.3 Å². The van der Waals surface area contributed by atoms with Crippen LogP contribution in [-0.2, 0) is 19.9 Å². The van der Waals surface area contributed by atoms with Gasteiger partial charge in [-0.25, -0.2) is 4.57 Å². The number of fused-ring (bicyclic) bond motifs is 5. The maximum atomic E-state index is 2.50. The van der Waals surface area contributed by atoms with Gasteiger partial charge in [-0.05, 0) is 12.0 Å². The summed E-state index contributed by atoms with van der Waals surface area (Å²) in [7, 11) is 1.54. The van der Waals surface area contributed by atoms with Crippen molar-refractivity contribution >= 4 is 45.5 Å². The van der Waals surface area contributed by atoms with Gasteiger partial charge in [-0.2, -0.15) is 0 Å². The van der Waals surface area contributed by atoms with E-state index in [0.717, 1.165) is 6.42 Å². The first kappa shape index (κ1) is 12.5. The molecule has 0 N–H and O–H groups in total. The van der Waals surface area contributed by atoms with Crippen LogP contribution in [0, 0.1) is 0 Å². The molecular formula is C17H20NSSi+. The average molecular weight is 299 g/mol. The molecule has 1 aliphatic heterocycles. The van der Waals surface area contributed by atoms with Crippen molar-refractivity contribution in [1.29, 1.82) is 0 Å². The molecule has 0 saturated heterocycles. The normalized spacial score (nSPS) is 18.1. The van der Waals surface area contributed by atoms with Gasteiger partial charge in [0, 0.05) is 28.0 Å². The zero-order valence-electron chi connectivity index (χ0n) is 12.4. The number of pyridine rings is 1. The van der Waals surface area contributed by atoms with Crippen molar-refractivity contribution in [3.63, 3.8) is 0 Å². The molecule has 2 aromatic heterocycles. The summed E-state index contributed by atoms with van der Waals surface area (Å²) in [6, 6.07) is 8.58. The van der Waals surface area contributed by atoms with Crippen molar-refractivity contribution < 1.29 is 4.57 Å². The van der Waals surface area contributed by atoms with E-state index in [-0.39, 0.29) is 0 Å². The van der Waals surface area contributed by atoms with E-state index in [9.17, 15) is 0 Å². The summed E-state index contributed by atoms with van der Waals surface area (Å²) in [6.07, 6.45) is 4.65. The fraction of sp³-hybridized carbons (Fsp3) is 0.353. The number of nitrogens with zero attached hydrogens (tertiary/aromatic N) is 1. The van der Waals surface area contributed by atoms with Crippen LogP contribution in [0.25, 0.3) is 20.2 Å². The molecular weight excluding hydrogens is 278 g/mol. The first-order valence-corrected chi connectivity index (χ1v) is 10.9. The molecule has 0 amide bonds. The third-order valence-electron chi connectivity index (χ3n) is 4.88. The summed E-state index contributed by atoms with van der Waals surface area (Å²) in [5.41, 5.74) is 3.16. The van der Waals surface area contributed by atoms with Crippen molar-refractivity contribution in [2.75, 3.05) is 0 Å². The Morgan fingerprint density at radius 1 is 1.20 bits per heavy atom. The van der Waals surface area contributed by atoms with Crippen LogP contribution in [0.1, 0.15) is 18.2 Å². The quantitative estimate of drug-likeness (QED) is 0.480. The standard InChI is InChI=1S/C17H20NSSi/c1-4-14-17-12(7-9-18(14)2)11-5-6-15-13(16(11)19-17)8-10-20(15)3/h5-7,9,20H,4,8,10H2,1-3H3/q+1. The lowest BCUT2D eigenvalue weighted by Crippen LogP contribution is -2.32.